The van der Waals surface area contributed by atoms with Crippen LogP contribution in [0.3, 0.4) is 0 Å². The summed E-state index contributed by atoms with van der Waals surface area (Å²) in [6.45, 7) is 5.29. The highest BCUT2D eigenvalue weighted by atomic mass is 35.5. The number of nitrogens with zero attached hydrogens (tertiary/aromatic N) is 2. The van der Waals surface area contributed by atoms with Crippen LogP contribution in [0.1, 0.15) is 25.3 Å². The van der Waals surface area contributed by atoms with Gasteiger partial charge in [-0.2, -0.15) is 0 Å². The molecule has 1 heterocycles. The van der Waals surface area contributed by atoms with Gasteiger partial charge in [0.25, 0.3) is 0 Å². The highest BCUT2D eigenvalue weighted by Gasteiger charge is 2.18. The number of hydrogen-bond donors (Lipinski definition) is 1. The van der Waals surface area contributed by atoms with Crippen LogP contribution in [0.25, 0.3) is 0 Å². The number of halogens is 1. The van der Waals surface area contributed by atoms with E-state index in [1.54, 1.807) is 0 Å². The van der Waals surface area contributed by atoms with E-state index in [4.69, 9.17) is 11.6 Å². The van der Waals surface area contributed by atoms with Gasteiger partial charge in [0.15, 0.2) is 5.96 Å². The Morgan fingerprint density at radius 3 is 2.79 bits per heavy atom. The Bertz CT molecular complexity index is 428. The summed E-state index contributed by atoms with van der Waals surface area (Å²) in [7, 11) is 1.85. The van der Waals surface area contributed by atoms with E-state index in [0.29, 0.717) is 0 Å². The zero-order valence-corrected chi connectivity index (χ0v) is 12.5. The van der Waals surface area contributed by atoms with E-state index in [1.165, 1.54) is 18.4 Å². The van der Waals surface area contributed by atoms with E-state index < -0.39 is 0 Å². The minimum atomic E-state index is 0.753. The summed E-state index contributed by atoms with van der Waals surface area (Å²) < 4.78 is 0. The molecular weight excluding hydrogens is 258 g/mol. The maximum absolute atomic E-state index is 5.89. The number of hydrogen-bond acceptors (Lipinski definition) is 1. The normalized spacial score (nSPS) is 20.5. The molecule has 1 aliphatic rings. The van der Waals surface area contributed by atoms with Crippen molar-refractivity contribution < 1.29 is 0 Å². The van der Waals surface area contributed by atoms with Gasteiger partial charge in [-0.25, -0.2) is 0 Å². The first kappa shape index (κ1) is 14.2. The Labute approximate surface area is 120 Å². The summed E-state index contributed by atoms with van der Waals surface area (Å²) in [5.74, 6) is 1.75. The zero-order valence-electron chi connectivity index (χ0n) is 11.7. The lowest BCUT2D eigenvalue weighted by atomic mass is 10.0. The molecule has 1 unspecified atom stereocenters. The molecule has 19 heavy (non-hydrogen) atoms. The Morgan fingerprint density at radius 2 is 2.16 bits per heavy atom. The molecule has 4 heteroatoms. The number of aliphatic imine (C=N–C) groups is 1. The third-order valence-corrected chi connectivity index (χ3v) is 3.78. The van der Waals surface area contributed by atoms with Crippen LogP contribution in [0, 0.1) is 5.92 Å². The molecule has 1 fully saturated rings. The maximum atomic E-state index is 5.89. The lowest BCUT2D eigenvalue weighted by Crippen LogP contribution is -2.45. The lowest BCUT2D eigenvalue weighted by molar-refractivity contribution is 0.266. The Balaban J connectivity index is 1.90. The number of likely N-dealkylation sites (tertiary alicyclic amines) is 1. The van der Waals surface area contributed by atoms with Crippen molar-refractivity contribution in [3.63, 3.8) is 0 Å². The molecule has 1 N–H and O–H groups in total. The molecule has 0 saturated carbocycles. The highest BCUT2D eigenvalue weighted by Crippen LogP contribution is 2.15. The van der Waals surface area contributed by atoms with Crippen LogP contribution in [0.15, 0.2) is 29.3 Å². The first-order chi connectivity index (χ1) is 9.19. The first-order valence-electron chi connectivity index (χ1n) is 6.89. The standard InChI is InChI=1S/C15H22ClN3/c1-12-4-3-9-19(11-12)15(17-2)18-10-13-5-7-14(16)8-6-13/h5-8,12H,3-4,9-11H2,1-2H3,(H,17,18). The predicted molar refractivity (Wildman–Crippen MR) is 81.6 cm³/mol. The highest BCUT2D eigenvalue weighted by molar-refractivity contribution is 6.30. The fourth-order valence-electron chi connectivity index (χ4n) is 2.50. The minimum absolute atomic E-state index is 0.753. The van der Waals surface area contributed by atoms with E-state index >= 15 is 0 Å². The quantitative estimate of drug-likeness (QED) is 0.665. The molecule has 0 radical (unpaired) electrons. The second-order valence-electron chi connectivity index (χ2n) is 5.22. The molecule has 1 atom stereocenters. The topological polar surface area (TPSA) is 27.6 Å². The van der Waals surface area contributed by atoms with Crippen LogP contribution in [-0.4, -0.2) is 31.0 Å². The summed E-state index contributed by atoms with van der Waals surface area (Å²) in [4.78, 5) is 6.74. The van der Waals surface area contributed by atoms with Gasteiger partial charge in [0, 0.05) is 31.7 Å². The summed E-state index contributed by atoms with van der Waals surface area (Å²) in [6.07, 6.45) is 2.58. The van der Waals surface area contributed by atoms with Crippen molar-refractivity contribution >= 4 is 17.6 Å². The van der Waals surface area contributed by atoms with Crippen LogP contribution >= 0.6 is 11.6 Å². The molecular formula is C15H22ClN3. The minimum Gasteiger partial charge on any atom is -0.352 e. The van der Waals surface area contributed by atoms with Gasteiger partial charge in [0.05, 0.1) is 0 Å². The largest absolute Gasteiger partial charge is 0.352 e. The summed E-state index contributed by atoms with van der Waals surface area (Å²) in [6, 6.07) is 7.93. The number of rotatable bonds is 2. The Hall–Kier alpha value is -1.22. The van der Waals surface area contributed by atoms with Gasteiger partial charge in [-0.05, 0) is 36.5 Å². The van der Waals surface area contributed by atoms with Crippen molar-refractivity contribution in [1.29, 1.82) is 0 Å². The second kappa shape index (κ2) is 6.80. The molecule has 0 bridgehead atoms. The number of guanidine groups is 1. The van der Waals surface area contributed by atoms with Gasteiger partial charge in [-0.3, -0.25) is 4.99 Å². The third-order valence-electron chi connectivity index (χ3n) is 3.53. The average molecular weight is 280 g/mol. The van der Waals surface area contributed by atoms with Crippen molar-refractivity contribution in [3.05, 3.63) is 34.9 Å². The molecule has 3 nitrogen and oxygen atoms in total. The summed E-state index contributed by atoms with van der Waals surface area (Å²) in [5.41, 5.74) is 1.22. The lowest BCUT2D eigenvalue weighted by Gasteiger charge is -2.33. The SMILES string of the molecule is CN=C(NCc1ccc(Cl)cc1)N1CCCC(C)C1. The zero-order chi connectivity index (χ0) is 13.7. The number of piperidine rings is 1. The molecule has 0 amide bonds. The first-order valence-corrected chi connectivity index (χ1v) is 7.27. The number of nitrogens with one attached hydrogen (secondary N) is 1. The molecule has 2 rings (SSSR count). The van der Waals surface area contributed by atoms with E-state index in [-0.39, 0.29) is 0 Å². The Morgan fingerprint density at radius 1 is 1.42 bits per heavy atom. The fourth-order valence-corrected chi connectivity index (χ4v) is 2.62. The summed E-state index contributed by atoms with van der Waals surface area (Å²) in [5, 5.41) is 4.20. The van der Waals surface area contributed by atoms with E-state index in [1.807, 2.05) is 31.3 Å². The molecule has 1 aromatic carbocycles. The van der Waals surface area contributed by atoms with Crippen molar-refractivity contribution in [1.82, 2.24) is 10.2 Å². The monoisotopic (exact) mass is 279 g/mol. The van der Waals surface area contributed by atoms with E-state index in [0.717, 1.165) is 36.5 Å². The smallest absolute Gasteiger partial charge is 0.193 e. The van der Waals surface area contributed by atoms with Gasteiger partial charge >= 0.3 is 0 Å². The van der Waals surface area contributed by atoms with E-state index in [9.17, 15) is 0 Å². The molecule has 1 aliphatic heterocycles. The molecule has 1 aromatic rings. The molecule has 104 valence electrons. The van der Waals surface area contributed by atoms with Crippen molar-refractivity contribution in [2.45, 2.75) is 26.3 Å². The fraction of sp³-hybridized carbons (Fsp3) is 0.533. The average Bonchev–Trinajstić information content (AvgIpc) is 2.42. The van der Waals surface area contributed by atoms with Crippen LogP contribution in [0.2, 0.25) is 5.02 Å². The van der Waals surface area contributed by atoms with Crippen molar-refractivity contribution in [2.24, 2.45) is 10.9 Å². The van der Waals surface area contributed by atoms with Gasteiger partial charge < -0.3 is 10.2 Å². The van der Waals surface area contributed by atoms with Crippen molar-refractivity contribution in [2.75, 3.05) is 20.1 Å². The van der Waals surface area contributed by atoms with Crippen molar-refractivity contribution in [3.8, 4) is 0 Å². The van der Waals surface area contributed by atoms with Gasteiger partial charge in [0.2, 0.25) is 0 Å². The van der Waals surface area contributed by atoms with Gasteiger partial charge in [-0.1, -0.05) is 30.7 Å². The maximum Gasteiger partial charge on any atom is 0.193 e. The van der Waals surface area contributed by atoms with Crippen LogP contribution < -0.4 is 5.32 Å². The Kier molecular flexibility index (Phi) is 5.08. The predicted octanol–water partition coefficient (Wildman–Crippen LogP) is 3.15. The van der Waals surface area contributed by atoms with Crippen LogP contribution in [0.5, 0.6) is 0 Å². The second-order valence-corrected chi connectivity index (χ2v) is 5.66. The molecule has 0 aromatic heterocycles. The molecule has 0 spiro atoms. The van der Waals surface area contributed by atoms with Crippen LogP contribution in [-0.2, 0) is 6.54 Å². The number of benzene rings is 1. The van der Waals surface area contributed by atoms with Gasteiger partial charge in [-0.15, -0.1) is 0 Å². The molecule has 1 saturated heterocycles. The van der Waals surface area contributed by atoms with Gasteiger partial charge in [0.1, 0.15) is 0 Å². The molecule has 0 aliphatic carbocycles. The van der Waals surface area contributed by atoms with E-state index in [2.05, 4.69) is 22.1 Å². The third kappa shape index (κ3) is 4.13. The van der Waals surface area contributed by atoms with Crippen LogP contribution in [0.4, 0.5) is 0 Å². The summed E-state index contributed by atoms with van der Waals surface area (Å²) >= 11 is 5.89.